The van der Waals surface area contributed by atoms with E-state index in [1.807, 2.05) is 0 Å². The molecule has 21 heavy (non-hydrogen) atoms. The Morgan fingerprint density at radius 2 is 1.90 bits per heavy atom. The Labute approximate surface area is 127 Å². The summed E-state index contributed by atoms with van der Waals surface area (Å²) in [7, 11) is -4.19. The van der Waals surface area contributed by atoms with Gasteiger partial charge in [0.1, 0.15) is 6.17 Å². The minimum atomic E-state index is -4.19. The van der Waals surface area contributed by atoms with Gasteiger partial charge in [0, 0.05) is 10.9 Å². The van der Waals surface area contributed by atoms with Crippen molar-refractivity contribution >= 4 is 37.8 Å². The lowest BCUT2D eigenvalue weighted by atomic mass is 10.1. The van der Waals surface area contributed by atoms with E-state index in [1.165, 1.54) is 0 Å². The molecule has 0 saturated heterocycles. The Balaban J connectivity index is 2.50. The summed E-state index contributed by atoms with van der Waals surface area (Å²) >= 11 is 2.94. The summed E-state index contributed by atoms with van der Waals surface area (Å²) in [5.74, 6) is -2.21. The molecule has 1 saturated carbocycles. The van der Waals surface area contributed by atoms with Gasteiger partial charge < -0.3 is 10.4 Å². The van der Waals surface area contributed by atoms with E-state index >= 15 is 0 Å². The van der Waals surface area contributed by atoms with Crippen LogP contribution in [-0.2, 0) is 10.0 Å². The van der Waals surface area contributed by atoms with Gasteiger partial charge in [-0.2, -0.15) is 0 Å². The Kier molecular flexibility index (Phi) is 4.04. The Hall–Kier alpha value is -1.52. The minimum absolute atomic E-state index is 0.101. The summed E-state index contributed by atoms with van der Waals surface area (Å²) in [4.78, 5) is 22.6. The van der Waals surface area contributed by atoms with Crippen molar-refractivity contribution in [3.05, 3.63) is 27.7 Å². The highest BCUT2D eigenvalue weighted by molar-refractivity contribution is 9.10. The molecule has 0 unspecified atom stereocenters. The highest BCUT2D eigenvalue weighted by atomic mass is 79.9. The number of hydrogen-bond donors (Lipinski definition) is 3. The number of carboxylic acid groups (broad SMARTS) is 1. The third-order valence-electron chi connectivity index (χ3n) is 2.88. The molecule has 0 aliphatic heterocycles. The monoisotopic (exact) mass is 380 g/mol. The van der Waals surface area contributed by atoms with Crippen molar-refractivity contribution in [2.75, 3.05) is 0 Å². The number of aromatic carboxylic acids is 1. The van der Waals surface area contributed by atoms with Crippen molar-refractivity contribution in [1.82, 2.24) is 5.32 Å². The first-order valence-electron chi connectivity index (χ1n) is 5.66. The number of carboxylic acids is 1. The van der Waals surface area contributed by atoms with Gasteiger partial charge in [-0.3, -0.25) is 4.79 Å². The number of halogens is 2. The Morgan fingerprint density at radius 1 is 1.38 bits per heavy atom. The van der Waals surface area contributed by atoms with Crippen LogP contribution >= 0.6 is 15.9 Å². The number of rotatable bonds is 4. The Bertz CT molecular complexity index is 736. The summed E-state index contributed by atoms with van der Waals surface area (Å²) in [5, 5.41) is 16.3. The molecule has 1 amide bonds. The maximum absolute atomic E-state index is 12.8. The average molecular weight is 381 g/mol. The van der Waals surface area contributed by atoms with E-state index in [2.05, 4.69) is 21.2 Å². The molecule has 1 aromatic rings. The number of primary sulfonamides is 1. The quantitative estimate of drug-likeness (QED) is 0.705. The molecule has 114 valence electrons. The number of carbonyl (C=O) groups excluding carboxylic acids is 1. The summed E-state index contributed by atoms with van der Waals surface area (Å²) in [6, 6.07) is 1.14. The second-order valence-electron chi connectivity index (χ2n) is 4.51. The maximum Gasteiger partial charge on any atom is 0.336 e. The van der Waals surface area contributed by atoms with Crippen LogP contribution in [0.4, 0.5) is 4.39 Å². The van der Waals surface area contributed by atoms with Gasteiger partial charge in [0.25, 0.3) is 5.91 Å². The van der Waals surface area contributed by atoms with Crippen molar-refractivity contribution in [2.45, 2.75) is 23.5 Å². The van der Waals surface area contributed by atoms with Gasteiger partial charge in [0.2, 0.25) is 10.0 Å². The number of nitrogens with two attached hydrogens (primary N) is 1. The fourth-order valence-electron chi connectivity index (χ4n) is 1.64. The van der Waals surface area contributed by atoms with Crippen LogP contribution in [0, 0.1) is 0 Å². The van der Waals surface area contributed by atoms with Crippen molar-refractivity contribution in [3.8, 4) is 0 Å². The number of nitrogens with one attached hydrogen (secondary N) is 1. The first kappa shape index (κ1) is 15.9. The normalized spacial score (nSPS) is 20.9. The zero-order valence-electron chi connectivity index (χ0n) is 10.3. The molecule has 7 nitrogen and oxygen atoms in total. The van der Waals surface area contributed by atoms with Crippen molar-refractivity contribution in [3.63, 3.8) is 0 Å². The molecule has 2 atom stereocenters. The SMILES string of the molecule is NS(=O)(=O)c1cc(C(=O)O)c(Br)c(C(=O)N[C@H]2C[C@H]2F)c1. The molecule has 0 radical (unpaired) electrons. The first-order valence-corrected chi connectivity index (χ1v) is 7.99. The van der Waals surface area contributed by atoms with E-state index in [1.54, 1.807) is 0 Å². The number of benzene rings is 1. The number of sulfonamides is 1. The lowest BCUT2D eigenvalue weighted by Crippen LogP contribution is -2.28. The molecular formula is C11H10BrFN2O5S. The van der Waals surface area contributed by atoms with Crippen LogP contribution in [-0.4, -0.2) is 37.6 Å². The van der Waals surface area contributed by atoms with Crippen molar-refractivity contribution in [2.24, 2.45) is 5.14 Å². The van der Waals surface area contributed by atoms with Crippen LogP contribution < -0.4 is 10.5 Å². The molecule has 1 aliphatic carbocycles. The fraction of sp³-hybridized carbons (Fsp3) is 0.273. The van der Waals surface area contributed by atoms with Crippen LogP contribution in [0.2, 0.25) is 0 Å². The third kappa shape index (κ3) is 3.39. The molecule has 10 heteroatoms. The summed E-state index contributed by atoms with van der Waals surface area (Å²) in [5.41, 5.74) is -0.669. The molecule has 4 N–H and O–H groups in total. The number of carbonyl (C=O) groups is 2. The minimum Gasteiger partial charge on any atom is -0.478 e. The lowest BCUT2D eigenvalue weighted by Gasteiger charge is -2.10. The predicted octanol–water partition coefficient (Wildman–Crippen LogP) is 0.635. The first-order chi connectivity index (χ1) is 9.61. The van der Waals surface area contributed by atoms with Crippen LogP contribution in [0.25, 0.3) is 0 Å². The van der Waals surface area contributed by atoms with E-state index in [-0.39, 0.29) is 16.5 Å². The van der Waals surface area contributed by atoms with Gasteiger partial charge in [-0.1, -0.05) is 0 Å². The zero-order valence-corrected chi connectivity index (χ0v) is 12.7. The summed E-state index contributed by atoms with van der Waals surface area (Å²) < 4.78 is 35.4. The fourth-order valence-corrected chi connectivity index (χ4v) is 2.79. The molecule has 0 aromatic heterocycles. The Morgan fingerprint density at radius 3 is 2.33 bits per heavy atom. The molecular weight excluding hydrogens is 371 g/mol. The largest absolute Gasteiger partial charge is 0.478 e. The van der Waals surface area contributed by atoms with Crippen molar-refractivity contribution in [1.29, 1.82) is 0 Å². The topological polar surface area (TPSA) is 127 Å². The maximum atomic E-state index is 12.8. The second kappa shape index (κ2) is 5.35. The van der Waals surface area contributed by atoms with Crippen LogP contribution in [0.5, 0.6) is 0 Å². The molecule has 0 heterocycles. The van der Waals surface area contributed by atoms with Gasteiger partial charge in [-0.05, 0) is 28.1 Å². The van der Waals surface area contributed by atoms with Gasteiger partial charge in [0.15, 0.2) is 0 Å². The highest BCUT2D eigenvalue weighted by Crippen LogP contribution is 2.29. The highest BCUT2D eigenvalue weighted by Gasteiger charge is 2.39. The smallest absolute Gasteiger partial charge is 0.336 e. The summed E-state index contributed by atoms with van der Waals surface area (Å²) in [6.07, 6.45) is -0.975. The van der Waals surface area contributed by atoms with Gasteiger partial charge in [0.05, 0.1) is 22.1 Å². The van der Waals surface area contributed by atoms with E-state index in [4.69, 9.17) is 10.2 Å². The second-order valence-corrected chi connectivity index (χ2v) is 6.87. The average Bonchev–Trinajstić information content (AvgIpc) is 3.02. The van der Waals surface area contributed by atoms with Crippen molar-refractivity contribution < 1.29 is 27.5 Å². The van der Waals surface area contributed by atoms with Crippen LogP contribution in [0.3, 0.4) is 0 Å². The molecule has 1 fully saturated rings. The summed E-state index contributed by atoms with van der Waals surface area (Å²) in [6.45, 7) is 0. The van der Waals surface area contributed by atoms with E-state index in [0.717, 1.165) is 12.1 Å². The van der Waals surface area contributed by atoms with Crippen LogP contribution in [0.15, 0.2) is 21.5 Å². The molecule has 1 aliphatic rings. The van der Waals surface area contributed by atoms with Gasteiger partial charge in [-0.15, -0.1) is 0 Å². The lowest BCUT2D eigenvalue weighted by molar-refractivity contribution is 0.0695. The third-order valence-corrected chi connectivity index (χ3v) is 4.63. The molecule has 0 bridgehead atoms. The van der Waals surface area contributed by atoms with Gasteiger partial charge in [-0.25, -0.2) is 22.7 Å². The standard InChI is InChI=1S/C11H10BrFN2O5S/c12-9-5(10(16)15-8-3-7(8)13)1-4(21(14,19)20)2-6(9)11(17)18/h1-2,7-8H,3H2,(H,15,16)(H,17,18)(H2,14,19,20)/t7-,8+/m1/s1. The number of alkyl halides is 1. The number of amides is 1. The van der Waals surface area contributed by atoms with Crippen LogP contribution in [0.1, 0.15) is 27.1 Å². The zero-order chi connectivity index (χ0) is 15.9. The number of hydrogen-bond acceptors (Lipinski definition) is 4. The van der Waals surface area contributed by atoms with E-state index in [9.17, 15) is 22.4 Å². The molecule has 0 spiro atoms. The van der Waals surface area contributed by atoms with Gasteiger partial charge >= 0.3 is 5.97 Å². The van der Waals surface area contributed by atoms with E-state index in [0.29, 0.717) is 0 Å². The van der Waals surface area contributed by atoms with E-state index < -0.39 is 44.6 Å². The molecule has 2 rings (SSSR count). The molecule has 1 aromatic carbocycles. The predicted molar refractivity (Wildman–Crippen MR) is 73.2 cm³/mol.